The van der Waals surface area contributed by atoms with Crippen LogP contribution in [-0.2, 0) is 48.0 Å². The van der Waals surface area contributed by atoms with E-state index < -0.39 is 85.1 Å². The first-order valence-corrected chi connectivity index (χ1v) is 32.3. The second kappa shape index (κ2) is 25.0. The Morgan fingerprint density at radius 1 is 0.695 bits per heavy atom. The topological polar surface area (TPSA) is 242 Å². The van der Waals surface area contributed by atoms with Crippen LogP contribution in [0.25, 0.3) is 0 Å². The minimum atomic E-state index is -1.90. The minimum Gasteiger partial charge on any atom is -0.444 e. The van der Waals surface area contributed by atoms with E-state index in [0.717, 1.165) is 60.8 Å². The molecule has 4 aromatic rings. The lowest BCUT2D eigenvalue weighted by molar-refractivity contribution is -0.144. The molecular formula is C63H83N9O9Si. The molecule has 0 bridgehead atoms. The first kappa shape index (κ1) is 60.7. The van der Waals surface area contributed by atoms with E-state index in [0.29, 0.717) is 23.5 Å². The highest BCUT2D eigenvalue weighted by Gasteiger charge is 2.48. The summed E-state index contributed by atoms with van der Waals surface area (Å²) in [4.78, 5) is 116. The third-order valence-electron chi connectivity index (χ3n) is 16.3. The molecule has 438 valence electrons. The summed E-state index contributed by atoms with van der Waals surface area (Å²) < 4.78 is 5.48. The number of carbonyl (C=O) groups excluding carboxylic acids is 8. The smallest absolute Gasteiger partial charge is 0.410 e. The Hall–Kier alpha value is -7.38. The zero-order valence-corrected chi connectivity index (χ0v) is 50.2. The van der Waals surface area contributed by atoms with Gasteiger partial charge in [0.2, 0.25) is 29.5 Å². The molecule has 82 heavy (non-hydrogen) atoms. The van der Waals surface area contributed by atoms with Crippen LogP contribution in [0.5, 0.6) is 0 Å². The van der Waals surface area contributed by atoms with Gasteiger partial charge in [-0.25, -0.2) is 4.79 Å². The number of ether oxygens (including phenoxy) is 1. The van der Waals surface area contributed by atoms with E-state index in [-0.39, 0.29) is 54.8 Å². The van der Waals surface area contributed by atoms with Crippen LogP contribution in [0.2, 0.25) is 19.1 Å². The standard InChI is InChI=1S/C63H83N9O9Si/c1-38(70(8)61(80)81-63(5,6)7)54(73)69-53(62(2,3)4)60(79)71-35-45(34-51(71)57(76)67-49-23-15-19-40-17-11-13-21-46(40)49)66-56(75)43-29-31-44(32-30-43)65-55(74)42-27-25-39(26-28-42)33-48(64)59(78)72-37-82(9,10)36-52(72)58(77)68-50-24-16-20-41-18-12-14-22-47(41)50/h11-14,17-18,21-22,25-32,38,45,48-53H,15-16,19-20,23-24,33-37,64H2,1-10H3,(H,65,74)(H,66,75)(H,67,76)(H,68,77)(H,69,73)/t38-,45-,48-,49+,50+,51-,52-,53+/m0/s1. The lowest BCUT2D eigenvalue weighted by Crippen LogP contribution is -2.60. The predicted octanol–water partition coefficient (Wildman–Crippen LogP) is 7.14. The highest BCUT2D eigenvalue weighted by molar-refractivity contribution is 6.79. The van der Waals surface area contributed by atoms with E-state index in [1.54, 1.807) is 102 Å². The van der Waals surface area contributed by atoms with Crippen molar-refractivity contribution >= 4 is 61.2 Å². The third kappa shape index (κ3) is 14.6. The van der Waals surface area contributed by atoms with Gasteiger partial charge in [0, 0.05) is 42.6 Å². The Morgan fingerprint density at radius 2 is 1.23 bits per heavy atom. The van der Waals surface area contributed by atoms with Crippen molar-refractivity contribution in [2.75, 3.05) is 25.1 Å². The van der Waals surface area contributed by atoms with Crippen molar-refractivity contribution in [1.82, 2.24) is 36.0 Å². The van der Waals surface area contributed by atoms with Crippen LogP contribution in [0.1, 0.15) is 141 Å². The molecule has 2 aliphatic carbocycles. The number of nitrogens with two attached hydrogens (primary N) is 1. The Bertz CT molecular complexity index is 3050. The van der Waals surface area contributed by atoms with Crippen molar-refractivity contribution in [3.8, 4) is 0 Å². The number of nitrogens with one attached hydrogen (secondary N) is 5. The summed E-state index contributed by atoms with van der Waals surface area (Å²) in [5.41, 5.74) is 11.3. The van der Waals surface area contributed by atoms with Crippen molar-refractivity contribution < 1.29 is 43.1 Å². The summed E-state index contributed by atoms with van der Waals surface area (Å²) in [6, 6.07) is 24.4. The minimum absolute atomic E-state index is 0.0250. The molecule has 2 fully saturated rings. The van der Waals surface area contributed by atoms with Crippen LogP contribution in [0.4, 0.5) is 10.5 Å². The number of carbonyl (C=O) groups is 8. The summed E-state index contributed by atoms with van der Waals surface area (Å²) in [6.07, 6.45) is 5.47. The molecule has 2 aliphatic heterocycles. The van der Waals surface area contributed by atoms with Crippen molar-refractivity contribution in [1.29, 1.82) is 0 Å². The predicted molar refractivity (Wildman–Crippen MR) is 317 cm³/mol. The zero-order valence-electron chi connectivity index (χ0n) is 49.2. The van der Waals surface area contributed by atoms with E-state index in [1.165, 1.54) is 22.4 Å². The normalized spacial score (nSPS) is 21.3. The first-order valence-electron chi connectivity index (χ1n) is 28.9. The Kier molecular flexibility index (Phi) is 18.5. The summed E-state index contributed by atoms with van der Waals surface area (Å²) in [5, 5.41) is 15.3. The maximum atomic E-state index is 14.9. The molecule has 7 N–H and O–H groups in total. The molecule has 18 nitrogen and oxygen atoms in total. The third-order valence-corrected chi connectivity index (χ3v) is 19.0. The lowest BCUT2D eigenvalue weighted by Gasteiger charge is -2.37. The molecule has 2 saturated heterocycles. The van der Waals surface area contributed by atoms with Crippen LogP contribution in [0.3, 0.4) is 0 Å². The summed E-state index contributed by atoms with van der Waals surface area (Å²) in [5.74, 6) is -2.72. The Balaban J connectivity index is 0.887. The molecule has 0 unspecified atom stereocenters. The van der Waals surface area contributed by atoms with Crippen molar-refractivity contribution in [2.24, 2.45) is 11.1 Å². The second-order valence-corrected chi connectivity index (χ2v) is 30.7. The van der Waals surface area contributed by atoms with Gasteiger partial charge in [-0.2, -0.15) is 0 Å². The van der Waals surface area contributed by atoms with Crippen LogP contribution < -0.4 is 32.3 Å². The van der Waals surface area contributed by atoms with Crippen molar-refractivity contribution in [2.45, 2.75) is 173 Å². The number of rotatable bonds is 15. The number of likely N-dealkylation sites (N-methyl/N-ethyl adjacent to an activating group) is 1. The number of hydrogen-bond donors (Lipinski definition) is 6. The molecule has 0 aromatic heterocycles. The van der Waals surface area contributed by atoms with Gasteiger partial charge in [-0.15, -0.1) is 0 Å². The number of anilines is 1. The fourth-order valence-corrected chi connectivity index (χ4v) is 14.7. The van der Waals surface area contributed by atoms with Crippen LogP contribution in [0.15, 0.2) is 97.1 Å². The number of likely N-dealkylation sites (tertiary alicyclic amines) is 1. The van der Waals surface area contributed by atoms with E-state index >= 15 is 0 Å². The highest BCUT2D eigenvalue weighted by atomic mass is 28.3. The monoisotopic (exact) mass is 1140 g/mol. The van der Waals surface area contributed by atoms with E-state index in [4.69, 9.17) is 10.5 Å². The average molecular weight is 1140 g/mol. The molecule has 8 rings (SSSR count). The molecule has 0 spiro atoms. The zero-order chi connectivity index (χ0) is 59.4. The number of aryl methyl sites for hydroxylation is 2. The largest absolute Gasteiger partial charge is 0.444 e. The number of amides is 8. The molecule has 8 atom stereocenters. The fourth-order valence-electron chi connectivity index (χ4n) is 11.8. The number of fused-ring (bicyclic) bond motifs is 2. The van der Waals surface area contributed by atoms with Crippen molar-refractivity contribution in [3.63, 3.8) is 0 Å². The van der Waals surface area contributed by atoms with Gasteiger partial charge in [0.1, 0.15) is 29.8 Å². The lowest BCUT2D eigenvalue weighted by atomic mass is 9.85. The SMILES string of the molecule is C[C@@H](C(=O)N[C@H](C(=O)N1C[C@@H](NC(=O)c2ccc(NC(=O)c3ccc(C[C@H](N)C(=O)N4C[Si](C)(C)C[C@H]4C(=O)N[C@@H]4CCCc5ccccc54)cc3)cc2)C[C@H]1C(=O)N[C@@H]1CCCc2ccccc21)C(C)(C)C)N(C)C(=O)OC(C)(C)C. The van der Waals surface area contributed by atoms with Gasteiger partial charge in [0.05, 0.1) is 26.2 Å². The number of benzene rings is 4. The van der Waals surface area contributed by atoms with Crippen LogP contribution >= 0.6 is 0 Å². The molecule has 8 amide bonds. The Labute approximate surface area is 483 Å². The summed E-state index contributed by atoms with van der Waals surface area (Å²) in [6.45, 7) is 16.5. The molecule has 2 heterocycles. The molecule has 4 aromatic carbocycles. The van der Waals surface area contributed by atoms with Gasteiger partial charge in [-0.05, 0) is 155 Å². The van der Waals surface area contributed by atoms with Crippen LogP contribution in [-0.4, -0.2) is 132 Å². The van der Waals surface area contributed by atoms with Gasteiger partial charge in [0.15, 0.2) is 0 Å². The van der Waals surface area contributed by atoms with Gasteiger partial charge in [0.25, 0.3) is 11.8 Å². The van der Waals surface area contributed by atoms with Crippen LogP contribution in [0, 0.1) is 5.41 Å². The van der Waals surface area contributed by atoms with E-state index in [1.807, 2.05) is 30.3 Å². The highest BCUT2D eigenvalue weighted by Crippen LogP contribution is 2.34. The van der Waals surface area contributed by atoms with E-state index in [9.17, 15) is 38.4 Å². The van der Waals surface area contributed by atoms with Gasteiger partial charge in [-0.3, -0.25) is 38.5 Å². The fraction of sp³-hybridized carbons (Fsp3) is 0.492. The maximum absolute atomic E-state index is 14.9. The maximum Gasteiger partial charge on any atom is 0.410 e. The van der Waals surface area contributed by atoms with Crippen molar-refractivity contribution in [3.05, 3.63) is 136 Å². The second-order valence-electron chi connectivity index (χ2n) is 25.7. The molecule has 19 heteroatoms. The summed E-state index contributed by atoms with van der Waals surface area (Å²) >= 11 is 0. The quantitative estimate of drug-likeness (QED) is 0.0658. The van der Waals surface area contributed by atoms with E-state index in [2.05, 4.69) is 57.9 Å². The number of hydrogen-bond acceptors (Lipinski definition) is 10. The molecule has 4 aliphatic rings. The number of nitrogens with zero attached hydrogens (tertiary/aromatic N) is 3. The van der Waals surface area contributed by atoms with Gasteiger partial charge in [-0.1, -0.05) is 94.5 Å². The Morgan fingerprint density at radius 3 is 1.79 bits per heavy atom. The average Bonchev–Trinajstić information content (AvgIpc) is 4.24. The molecular weight excluding hydrogens is 1050 g/mol. The first-order chi connectivity index (χ1) is 38.7. The van der Waals surface area contributed by atoms with Gasteiger partial charge >= 0.3 is 6.09 Å². The molecule has 0 radical (unpaired) electrons. The molecule has 0 saturated carbocycles. The summed E-state index contributed by atoms with van der Waals surface area (Å²) in [7, 11) is -0.454. The van der Waals surface area contributed by atoms with Gasteiger partial charge < -0.3 is 46.9 Å².